The van der Waals surface area contributed by atoms with Gasteiger partial charge in [0.1, 0.15) is 0 Å². The van der Waals surface area contributed by atoms with E-state index in [-0.39, 0.29) is 6.04 Å². The van der Waals surface area contributed by atoms with Gasteiger partial charge in [-0.25, -0.2) is 0 Å². The number of nitrogens with zero attached hydrogens (tertiary/aromatic N) is 1. The number of hydrogen-bond donors (Lipinski definition) is 0. The molecule has 0 aromatic carbocycles. The lowest BCUT2D eigenvalue weighted by Gasteiger charge is -2.07. The SMILES string of the molecule is C=C/C(CP(C)(C)=O)=N\C(C)C. The molecule has 0 rings (SSSR count). The lowest BCUT2D eigenvalue weighted by molar-refractivity contribution is 0.585. The van der Waals surface area contributed by atoms with Crippen molar-refractivity contribution >= 4 is 12.9 Å². The van der Waals surface area contributed by atoms with E-state index in [0.29, 0.717) is 6.16 Å². The maximum absolute atomic E-state index is 11.4. The summed E-state index contributed by atoms with van der Waals surface area (Å²) in [6, 6.07) is 0.254. The molecule has 0 fully saturated rings. The minimum absolute atomic E-state index is 0.254. The number of allylic oxidation sites excluding steroid dienone is 1. The van der Waals surface area contributed by atoms with E-state index in [1.807, 2.05) is 13.8 Å². The van der Waals surface area contributed by atoms with Gasteiger partial charge in [-0.05, 0) is 33.3 Å². The molecule has 0 aromatic rings. The van der Waals surface area contributed by atoms with Crippen LogP contribution in [0.5, 0.6) is 0 Å². The van der Waals surface area contributed by atoms with Crippen molar-refractivity contribution in [2.45, 2.75) is 19.9 Å². The summed E-state index contributed by atoms with van der Waals surface area (Å²) in [5.41, 5.74) is 0.860. The molecule has 0 amide bonds. The summed E-state index contributed by atoms with van der Waals surface area (Å²) in [5.74, 6) is 0. The lowest BCUT2D eigenvalue weighted by Crippen LogP contribution is -2.05. The Labute approximate surface area is 75.2 Å². The number of rotatable bonds is 4. The van der Waals surface area contributed by atoms with Crippen LogP contribution < -0.4 is 0 Å². The standard InChI is InChI=1S/C9H18NOP/c1-6-9(10-8(2)3)7-12(4,5)11/h6,8H,1,7H2,2-5H3/b10-9+. The third-order valence-electron chi connectivity index (χ3n) is 1.20. The van der Waals surface area contributed by atoms with Crippen molar-refractivity contribution in [2.75, 3.05) is 19.5 Å². The molecule has 0 N–H and O–H groups in total. The number of hydrogen-bond acceptors (Lipinski definition) is 2. The quantitative estimate of drug-likeness (QED) is 0.491. The molecule has 0 unspecified atom stereocenters. The van der Waals surface area contributed by atoms with Gasteiger partial charge in [0.2, 0.25) is 0 Å². The summed E-state index contributed by atoms with van der Waals surface area (Å²) < 4.78 is 11.4. The molecular weight excluding hydrogens is 169 g/mol. The van der Waals surface area contributed by atoms with Crippen molar-refractivity contribution in [3.05, 3.63) is 12.7 Å². The van der Waals surface area contributed by atoms with E-state index >= 15 is 0 Å². The van der Waals surface area contributed by atoms with Crippen LogP contribution in [0.2, 0.25) is 0 Å². The van der Waals surface area contributed by atoms with Crippen molar-refractivity contribution in [1.29, 1.82) is 0 Å². The summed E-state index contributed by atoms with van der Waals surface area (Å²) in [6.45, 7) is 11.2. The van der Waals surface area contributed by atoms with Gasteiger partial charge in [-0.15, -0.1) is 0 Å². The summed E-state index contributed by atoms with van der Waals surface area (Å²) in [6.07, 6.45) is 2.26. The Morgan fingerprint density at radius 1 is 1.58 bits per heavy atom. The molecule has 0 bridgehead atoms. The Morgan fingerprint density at radius 2 is 2.08 bits per heavy atom. The van der Waals surface area contributed by atoms with Gasteiger partial charge in [0.15, 0.2) is 0 Å². The van der Waals surface area contributed by atoms with Crippen LogP contribution in [0, 0.1) is 0 Å². The molecule has 0 saturated heterocycles. The van der Waals surface area contributed by atoms with E-state index in [9.17, 15) is 4.57 Å². The monoisotopic (exact) mass is 187 g/mol. The molecule has 70 valence electrons. The maximum Gasteiger partial charge on any atom is 0.0876 e. The summed E-state index contributed by atoms with van der Waals surface area (Å²) in [4.78, 5) is 4.31. The van der Waals surface area contributed by atoms with Crippen molar-refractivity contribution in [1.82, 2.24) is 0 Å². The topological polar surface area (TPSA) is 29.4 Å². The molecule has 0 aromatic heterocycles. The third kappa shape index (κ3) is 6.36. The normalized spacial score (nSPS) is 13.6. The zero-order valence-electron chi connectivity index (χ0n) is 8.37. The minimum Gasteiger partial charge on any atom is -0.324 e. The van der Waals surface area contributed by atoms with Crippen LogP contribution in [0.1, 0.15) is 13.8 Å². The van der Waals surface area contributed by atoms with E-state index in [4.69, 9.17) is 0 Å². The first kappa shape index (κ1) is 11.6. The van der Waals surface area contributed by atoms with Gasteiger partial charge in [-0.3, -0.25) is 4.99 Å². The Bertz CT molecular complexity index is 225. The van der Waals surface area contributed by atoms with Gasteiger partial charge in [0.25, 0.3) is 0 Å². The third-order valence-corrected chi connectivity index (χ3v) is 2.29. The van der Waals surface area contributed by atoms with Gasteiger partial charge in [-0.2, -0.15) is 0 Å². The summed E-state index contributed by atoms with van der Waals surface area (Å²) >= 11 is 0. The van der Waals surface area contributed by atoms with Gasteiger partial charge in [0, 0.05) is 17.9 Å². The van der Waals surface area contributed by atoms with Gasteiger partial charge >= 0.3 is 0 Å². The van der Waals surface area contributed by atoms with E-state index in [1.54, 1.807) is 19.4 Å². The van der Waals surface area contributed by atoms with Crippen LogP contribution in [0.4, 0.5) is 0 Å². The molecule has 0 aliphatic rings. The second kappa shape index (κ2) is 4.61. The molecule has 12 heavy (non-hydrogen) atoms. The van der Waals surface area contributed by atoms with E-state index in [1.165, 1.54) is 0 Å². The van der Waals surface area contributed by atoms with Gasteiger partial charge in [0.05, 0.1) is 7.14 Å². The molecular formula is C9H18NOP. The highest BCUT2D eigenvalue weighted by Crippen LogP contribution is 2.35. The molecule has 0 atom stereocenters. The number of aliphatic imine (C=N–C) groups is 1. The second-order valence-corrected chi connectivity index (χ2v) is 7.11. The molecule has 2 nitrogen and oxygen atoms in total. The molecule has 3 heteroatoms. The van der Waals surface area contributed by atoms with Gasteiger partial charge in [-0.1, -0.05) is 6.58 Å². The van der Waals surface area contributed by atoms with Crippen LogP contribution in [0.15, 0.2) is 17.6 Å². The first-order valence-electron chi connectivity index (χ1n) is 4.08. The fourth-order valence-electron chi connectivity index (χ4n) is 0.880. The smallest absolute Gasteiger partial charge is 0.0876 e. The zero-order valence-corrected chi connectivity index (χ0v) is 9.27. The second-order valence-electron chi connectivity index (χ2n) is 3.65. The van der Waals surface area contributed by atoms with Crippen molar-refractivity contribution < 1.29 is 4.57 Å². The Kier molecular flexibility index (Phi) is 4.47. The van der Waals surface area contributed by atoms with Crippen LogP contribution >= 0.6 is 7.14 Å². The van der Waals surface area contributed by atoms with Crippen LogP contribution in [0.3, 0.4) is 0 Å². The van der Waals surface area contributed by atoms with Crippen molar-refractivity contribution in [3.8, 4) is 0 Å². The highest BCUT2D eigenvalue weighted by Gasteiger charge is 2.09. The zero-order chi connectivity index (χ0) is 9.78. The van der Waals surface area contributed by atoms with E-state index in [0.717, 1.165) is 5.71 Å². The van der Waals surface area contributed by atoms with Gasteiger partial charge < -0.3 is 4.57 Å². The average molecular weight is 187 g/mol. The first-order valence-corrected chi connectivity index (χ1v) is 6.87. The van der Waals surface area contributed by atoms with E-state index < -0.39 is 7.14 Å². The molecule has 0 aliphatic carbocycles. The molecule has 0 heterocycles. The van der Waals surface area contributed by atoms with Crippen LogP contribution in [-0.4, -0.2) is 31.2 Å². The maximum atomic E-state index is 11.4. The van der Waals surface area contributed by atoms with Crippen LogP contribution in [0.25, 0.3) is 0 Å². The minimum atomic E-state index is -2.00. The predicted octanol–water partition coefficient (Wildman–Crippen LogP) is 2.64. The van der Waals surface area contributed by atoms with E-state index in [2.05, 4.69) is 11.6 Å². The fraction of sp³-hybridized carbons (Fsp3) is 0.667. The summed E-state index contributed by atoms with van der Waals surface area (Å²) in [5, 5.41) is 0. The van der Waals surface area contributed by atoms with Crippen molar-refractivity contribution in [2.24, 2.45) is 4.99 Å². The highest BCUT2D eigenvalue weighted by atomic mass is 31.2. The first-order chi connectivity index (χ1) is 5.35. The average Bonchev–Trinajstić information content (AvgIpc) is 1.82. The van der Waals surface area contributed by atoms with Crippen molar-refractivity contribution in [3.63, 3.8) is 0 Å². The van der Waals surface area contributed by atoms with Crippen LogP contribution in [-0.2, 0) is 4.57 Å². The molecule has 0 aliphatic heterocycles. The molecule has 0 saturated carbocycles. The Balaban J connectivity index is 4.39. The molecule has 0 spiro atoms. The Hall–Kier alpha value is -0.360. The predicted molar refractivity (Wildman–Crippen MR) is 57.1 cm³/mol. The Morgan fingerprint density at radius 3 is 2.33 bits per heavy atom. The molecule has 0 radical (unpaired) electrons. The lowest BCUT2D eigenvalue weighted by atomic mass is 10.3. The fourth-order valence-corrected chi connectivity index (χ4v) is 1.87. The largest absolute Gasteiger partial charge is 0.324 e. The highest BCUT2D eigenvalue weighted by molar-refractivity contribution is 7.63. The summed E-state index contributed by atoms with van der Waals surface area (Å²) in [7, 11) is -2.00.